The van der Waals surface area contributed by atoms with Gasteiger partial charge in [-0.3, -0.25) is 4.57 Å². The number of rotatable bonds is 11. The van der Waals surface area contributed by atoms with Gasteiger partial charge in [0.1, 0.15) is 24.0 Å². The van der Waals surface area contributed by atoms with Crippen LogP contribution in [0.5, 0.6) is 11.5 Å². The molecule has 1 aliphatic rings. The lowest BCUT2D eigenvalue weighted by Gasteiger charge is -2.28. The smallest absolute Gasteiger partial charge is 0.137 e. The molecule has 2 aromatic heterocycles. The van der Waals surface area contributed by atoms with Gasteiger partial charge in [-0.1, -0.05) is 178 Å². The highest BCUT2D eigenvalue weighted by Gasteiger charge is 2.32. The molecule has 0 saturated carbocycles. The van der Waals surface area contributed by atoms with E-state index in [0.717, 1.165) is 67.6 Å². The Labute approximate surface area is 426 Å². The lowest BCUT2D eigenvalue weighted by atomic mass is 9.78. The normalized spacial score (nSPS) is 12.9. The Hall–Kier alpha value is -7.89. The Morgan fingerprint density at radius 1 is 0.458 bits per heavy atom. The number of pyridine rings is 1. The molecule has 0 radical (unpaired) electrons. The van der Waals surface area contributed by atoms with Gasteiger partial charge >= 0.3 is 0 Å². The molecule has 0 amide bonds. The van der Waals surface area contributed by atoms with Gasteiger partial charge in [-0.05, 0) is 134 Å². The molecule has 358 valence electrons. The second-order valence-electron chi connectivity index (χ2n) is 21.7. The van der Waals surface area contributed by atoms with Crippen LogP contribution in [-0.2, 0) is 10.8 Å². The summed E-state index contributed by atoms with van der Waals surface area (Å²) in [5.74, 6) is 3.13. The van der Waals surface area contributed by atoms with Crippen LogP contribution in [0.2, 0.25) is 0 Å². The maximum atomic E-state index is 7.11. The average Bonchev–Trinajstić information content (AvgIpc) is 3.94. The third-order valence-corrected chi connectivity index (χ3v) is 14.9. The van der Waals surface area contributed by atoms with Crippen molar-refractivity contribution in [1.29, 1.82) is 0 Å². The van der Waals surface area contributed by atoms with Crippen molar-refractivity contribution in [2.75, 3.05) is 16.5 Å². The number of fused-ring (bicyclic) bond motifs is 4. The van der Waals surface area contributed by atoms with Gasteiger partial charge in [0.15, 0.2) is 0 Å². The summed E-state index contributed by atoms with van der Waals surface area (Å²) in [6, 6.07) is 70.8. The van der Waals surface area contributed by atoms with Gasteiger partial charge in [0.05, 0.1) is 22.4 Å². The van der Waals surface area contributed by atoms with Crippen molar-refractivity contribution in [2.45, 2.75) is 85.0 Å². The van der Waals surface area contributed by atoms with E-state index in [1.165, 1.54) is 44.3 Å². The molecule has 0 saturated heterocycles. The Balaban J connectivity index is 1.07. The molecule has 0 bridgehead atoms. The van der Waals surface area contributed by atoms with Crippen molar-refractivity contribution in [2.24, 2.45) is 0 Å². The van der Waals surface area contributed by atoms with Crippen LogP contribution < -0.4 is 14.5 Å². The van der Waals surface area contributed by atoms with Crippen molar-refractivity contribution < 1.29 is 4.74 Å². The number of nitrogens with zero attached hydrogens (tertiary/aromatic N) is 4. The standard InChI is InChI=1S/C67H64N4O/c1-44(2)56-27-19-28-57(45(3)4)65(56)47-30-33-61-63(38-47)70(43-69(61)52-25-18-24-51(39-52)67(8,9)49-22-14-11-15-23-49)53-36-48(46-20-12-10-13-21-46)37-55(41-53)72-54-31-32-59-58-26-16-17-29-60(58)71(62(59)42-54)64-40-50(34-35-68-64)66(5,6)7/h10-42,44-45H,43H2,1-9H3. The zero-order chi connectivity index (χ0) is 49.9. The SMILES string of the molecule is CC(C)c1cccc(C(C)C)c1-c1ccc2c(c1)N(c1cc(Oc3ccc4c5ccccc5n(-c5cc(C(C)(C)C)ccn5)c4c3)cc(-c3ccccc3)c1)CN2c1cccc(C(C)(C)c2ccccc2)c1. The maximum Gasteiger partial charge on any atom is 0.137 e. The topological polar surface area (TPSA) is 33.5 Å². The van der Waals surface area contributed by atoms with Gasteiger partial charge in [-0.25, -0.2) is 4.98 Å². The van der Waals surface area contributed by atoms with Crippen molar-refractivity contribution >= 4 is 44.6 Å². The largest absolute Gasteiger partial charge is 0.457 e. The second kappa shape index (κ2) is 18.4. The number of benzene rings is 8. The zero-order valence-corrected chi connectivity index (χ0v) is 43.1. The van der Waals surface area contributed by atoms with Crippen molar-refractivity contribution in [3.63, 3.8) is 0 Å². The third-order valence-electron chi connectivity index (χ3n) is 14.9. The maximum absolute atomic E-state index is 7.11. The Morgan fingerprint density at radius 3 is 1.86 bits per heavy atom. The first-order valence-electron chi connectivity index (χ1n) is 25.6. The number of para-hydroxylation sites is 1. The lowest BCUT2D eigenvalue weighted by Crippen LogP contribution is -2.25. The van der Waals surface area contributed by atoms with Crippen LogP contribution in [0.25, 0.3) is 49.9 Å². The van der Waals surface area contributed by atoms with E-state index in [9.17, 15) is 0 Å². The summed E-state index contributed by atoms with van der Waals surface area (Å²) in [7, 11) is 0. The first-order valence-corrected chi connectivity index (χ1v) is 25.6. The number of anilines is 4. The fraction of sp³-hybridized carbons (Fsp3) is 0.209. The Morgan fingerprint density at radius 2 is 1.12 bits per heavy atom. The van der Waals surface area contributed by atoms with Crippen molar-refractivity contribution in [1.82, 2.24) is 9.55 Å². The third kappa shape index (κ3) is 8.51. The molecule has 1 aliphatic heterocycles. The summed E-state index contributed by atoms with van der Waals surface area (Å²) >= 11 is 0. The van der Waals surface area contributed by atoms with Gasteiger partial charge in [-0.15, -0.1) is 0 Å². The molecule has 10 aromatic rings. The fourth-order valence-electron chi connectivity index (χ4n) is 10.8. The molecule has 5 nitrogen and oxygen atoms in total. The molecule has 0 spiro atoms. The molecule has 0 unspecified atom stereocenters. The molecule has 8 aromatic carbocycles. The van der Waals surface area contributed by atoms with E-state index in [1.54, 1.807) is 0 Å². The zero-order valence-electron chi connectivity index (χ0n) is 43.1. The second-order valence-corrected chi connectivity index (χ2v) is 21.7. The molecule has 72 heavy (non-hydrogen) atoms. The molecule has 0 fully saturated rings. The van der Waals surface area contributed by atoms with Crippen LogP contribution in [0.4, 0.5) is 22.7 Å². The summed E-state index contributed by atoms with van der Waals surface area (Å²) in [6.45, 7) is 21.2. The molecule has 3 heterocycles. The molecule has 0 atom stereocenters. The van der Waals surface area contributed by atoms with E-state index in [-0.39, 0.29) is 10.8 Å². The monoisotopic (exact) mass is 941 g/mol. The molecule has 11 rings (SSSR count). The van der Waals surface area contributed by atoms with Gasteiger partial charge in [-0.2, -0.15) is 0 Å². The highest BCUT2D eigenvalue weighted by molar-refractivity contribution is 6.09. The van der Waals surface area contributed by atoms with E-state index >= 15 is 0 Å². The summed E-state index contributed by atoms with van der Waals surface area (Å²) in [5, 5.41) is 2.33. The summed E-state index contributed by atoms with van der Waals surface area (Å²) < 4.78 is 9.39. The molecule has 0 aliphatic carbocycles. The number of hydrogen-bond acceptors (Lipinski definition) is 4. The lowest BCUT2D eigenvalue weighted by molar-refractivity contribution is 0.483. The van der Waals surface area contributed by atoms with Crippen LogP contribution >= 0.6 is 0 Å². The predicted octanol–water partition coefficient (Wildman–Crippen LogP) is 18.4. The molecular formula is C67H64N4O. The molecule has 5 heteroatoms. The number of hydrogen-bond donors (Lipinski definition) is 0. The number of ether oxygens (including phenoxy) is 1. The van der Waals surface area contributed by atoms with E-state index in [1.807, 2.05) is 6.20 Å². The quantitative estimate of drug-likeness (QED) is 0.129. The minimum Gasteiger partial charge on any atom is -0.457 e. The first-order chi connectivity index (χ1) is 34.7. The van der Waals surface area contributed by atoms with Gasteiger partial charge < -0.3 is 14.5 Å². The molecule has 0 N–H and O–H groups in total. The Bertz CT molecular complexity index is 3590. The van der Waals surface area contributed by atoms with E-state index in [0.29, 0.717) is 18.5 Å². The predicted molar refractivity (Wildman–Crippen MR) is 303 cm³/mol. The molecular weight excluding hydrogens is 877 g/mol. The van der Waals surface area contributed by atoms with Gasteiger partial charge in [0.25, 0.3) is 0 Å². The van der Waals surface area contributed by atoms with E-state index < -0.39 is 0 Å². The van der Waals surface area contributed by atoms with Crippen molar-refractivity contribution in [3.8, 4) is 39.6 Å². The summed E-state index contributed by atoms with van der Waals surface area (Å²) in [4.78, 5) is 9.91. The van der Waals surface area contributed by atoms with E-state index in [2.05, 4.69) is 271 Å². The fourth-order valence-corrected chi connectivity index (χ4v) is 10.8. The Kier molecular flexibility index (Phi) is 11.9. The van der Waals surface area contributed by atoms with Crippen LogP contribution in [-0.4, -0.2) is 16.2 Å². The minimum atomic E-state index is -0.197. The first kappa shape index (κ1) is 46.5. The van der Waals surface area contributed by atoms with Crippen LogP contribution in [0.15, 0.2) is 200 Å². The van der Waals surface area contributed by atoms with Gasteiger partial charge in [0, 0.05) is 45.9 Å². The van der Waals surface area contributed by atoms with E-state index in [4.69, 9.17) is 9.72 Å². The summed E-state index contributed by atoms with van der Waals surface area (Å²) in [5.41, 5.74) is 17.8. The highest BCUT2D eigenvalue weighted by Crippen LogP contribution is 2.50. The van der Waals surface area contributed by atoms with Crippen molar-refractivity contribution in [3.05, 3.63) is 228 Å². The average molecular weight is 941 g/mol. The minimum absolute atomic E-state index is 0.0282. The van der Waals surface area contributed by atoms with Crippen LogP contribution in [0.1, 0.15) is 102 Å². The highest BCUT2D eigenvalue weighted by atomic mass is 16.5. The number of aromatic nitrogens is 2. The van der Waals surface area contributed by atoms with Crippen LogP contribution in [0, 0.1) is 0 Å². The van der Waals surface area contributed by atoms with Gasteiger partial charge in [0.2, 0.25) is 0 Å². The van der Waals surface area contributed by atoms with Crippen LogP contribution in [0.3, 0.4) is 0 Å². The summed E-state index contributed by atoms with van der Waals surface area (Å²) in [6.07, 6.45) is 1.93.